The van der Waals surface area contributed by atoms with Crippen molar-refractivity contribution in [3.05, 3.63) is 0 Å². The summed E-state index contributed by atoms with van der Waals surface area (Å²) in [7, 11) is 0. The van der Waals surface area contributed by atoms with E-state index in [4.69, 9.17) is 14.2 Å². The Morgan fingerprint density at radius 3 is 0.897 bits per heavy atom. The van der Waals surface area contributed by atoms with Gasteiger partial charge >= 0.3 is 17.9 Å². The van der Waals surface area contributed by atoms with E-state index < -0.39 is 6.10 Å². The number of hydrogen-bond donors (Lipinski definition) is 0. The van der Waals surface area contributed by atoms with Crippen LogP contribution in [0.5, 0.6) is 0 Å². The number of carbonyl (C=O) groups excluding carboxylic acids is 3. The molecule has 3 atom stereocenters. The first-order valence-electron chi connectivity index (χ1n) is 25.7. The summed E-state index contributed by atoms with van der Waals surface area (Å²) in [5.74, 6) is 1.66. The van der Waals surface area contributed by atoms with Gasteiger partial charge in [-0.2, -0.15) is 0 Å². The van der Waals surface area contributed by atoms with E-state index in [1.165, 1.54) is 161 Å². The molecule has 0 bridgehead atoms. The molecule has 0 spiro atoms. The first-order valence-corrected chi connectivity index (χ1v) is 25.7. The Bertz CT molecular complexity index is 902. The molecular weight excluding hydrogens is 721 g/mol. The molecular formula is C52H100O6. The van der Waals surface area contributed by atoms with E-state index in [2.05, 4.69) is 41.5 Å². The summed E-state index contributed by atoms with van der Waals surface area (Å²) in [5.41, 5.74) is 0. The molecule has 0 aliphatic heterocycles. The van der Waals surface area contributed by atoms with Crippen LogP contribution in [-0.2, 0) is 28.6 Å². The summed E-state index contributed by atoms with van der Waals surface area (Å²) in [5, 5.41) is 0. The maximum atomic E-state index is 12.8. The lowest BCUT2D eigenvalue weighted by atomic mass is 9.99. The molecule has 0 N–H and O–H groups in total. The average molecular weight is 821 g/mol. The van der Waals surface area contributed by atoms with Crippen molar-refractivity contribution in [1.82, 2.24) is 0 Å². The number of ether oxygens (including phenoxy) is 3. The van der Waals surface area contributed by atoms with Gasteiger partial charge in [-0.25, -0.2) is 0 Å². The Labute approximate surface area is 361 Å². The van der Waals surface area contributed by atoms with Crippen LogP contribution >= 0.6 is 0 Å². The van der Waals surface area contributed by atoms with Crippen LogP contribution in [0.4, 0.5) is 0 Å². The largest absolute Gasteiger partial charge is 0.462 e. The predicted molar refractivity (Wildman–Crippen MR) is 247 cm³/mol. The third kappa shape index (κ3) is 42.5. The second kappa shape index (κ2) is 43.5. The topological polar surface area (TPSA) is 78.9 Å². The van der Waals surface area contributed by atoms with Crippen LogP contribution in [0.2, 0.25) is 0 Å². The molecule has 0 aliphatic carbocycles. The zero-order valence-electron chi connectivity index (χ0n) is 39.8. The molecule has 2 unspecified atom stereocenters. The molecule has 344 valence electrons. The number of unbranched alkanes of at least 4 members (excludes halogenated alkanes) is 26. The quantitative estimate of drug-likeness (QED) is 0.0346. The Balaban J connectivity index is 4.29. The van der Waals surface area contributed by atoms with Crippen molar-refractivity contribution in [2.75, 3.05) is 13.2 Å². The van der Waals surface area contributed by atoms with Crippen LogP contribution in [0.1, 0.15) is 279 Å². The van der Waals surface area contributed by atoms with Gasteiger partial charge in [-0.05, 0) is 37.0 Å². The minimum Gasteiger partial charge on any atom is -0.462 e. The molecule has 0 aromatic rings. The van der Waals surface area contributed by atoms with Crippen molar-refractivity contribution in [2.45, 2.75) is 285 Å². The second-order valence-electron chi connectivity index (χ2n) is 18.8. The third-order valence-electron chi connectivity index (χ3n) is 12.4. The SMILES string of the molecule is CCC(C)CCCCCCCCCCCCCCCCC(=O)O[C@@H](COC(=O)CCCCCCCCCCCC(C)C)COC(=O)CCCCCCCCC(C)CC. The van der Waals surface area contributed by atoms with Crippen molar-refractivity contribution in [3.8, 4) is 0 Å². The van der Waals surface area contributed by atoms with Crippen molar-refractivity contribution in [3.63, 3.8) is 0 Å². The van der Waals surface area contributed by atoms with Crippen LogP contribution in [0.3, 0.4) is 0 Å². The molecule has 0 aromatic carbocycles. The summed E-state index contributed by atoms with van der Waals surface area (Å²) < 4.78 is 16.8. The molecule has 58 heavy (non-hydrogen) atoms. The molecule has 6 heteroatoms. The highest BCUT2D eigenvalue weighted by atomic mass is 16.6. The summed E-state index contributed by atoms with van der Waals surface area (Å²) >= 11 is 0. The van der Waals surface area contributed by atoms with Crippen LogP contribution in [-0.4, -0.2) is 37.2 Å². The molecule has 6 nitrogen and oxygen atoms in total. The number of rotatable bonds is 45. The molecule has 0 aliphatic rings. The van der Waals surface area contributed by atoms with E-state index in [9.17, 15) is 14.4 Å². The molecule has 0 aromatic heterocycles. The predicted octanol–water partition coefficient (Wildman–Crippen LogP) is 16.4. The van der Waals surface area contributed by atoms with Crippen molar-refractivity contribution in [1.29, 1.82) is 0 Å². The fraction of sp³-hybridized carbons (Fsp3) is 0.942. The van der Waals surface area contributed by atoms with E-state index in [-0.39, 0.29) is 31.1 Å². The second-order valence-corrected chi connectivity index (χ2v) is 18.8. The molecule has 0 heterocycles. The van der Waals surface area contributed by atoms with Crippen LogP contribution in [0.25, 0.3) is 0 Å². The summed E-state index contributed by atoms with van der Waals surface area (Å²) in [6, 6.07) is 0. The summed E-state index contributed by atoms with van der Waals surface area (Å²) in [4.78, 5) is 37.9. The first-order chi connectivity index (χ1) is 28.2. The number of esters is 3. The number of carbonyl (C=O) groups is 3. The minimum absolute atomic E-state index is 0.0658. The van der Waals surface area contributed by atoms with E-state index in [0.29, 0.717) is 19.3 Å². The highest BCUT2D eigenvalue weighted by molar-refractivity contribution is 5.71. The van der Waals surface area contributed by atoms with E-state index in [1.807, 2.05) is 0 Å². The first kappa shape index (κ1) is 56.4. The van der Waals surface area contributed by atoms with E-state index >= 15 is 0 Å². The number of hydrogen-bond acceptors (Lipinski definition) is 6. The lowest BCUT2D eigenvalue weighted by Crippen LogP contribution is -2.30. The molecule has 0 saturated carbocycles. The lowest BCUT2D eigenvalue weighted by Gasteiger charge is -2.18. The third-order valence-corrected chi connectivity index (χ3v) is 12.4. The van der Waals surface area contributed by atoms with Gasteiger partial charge in [-0.15, -0.1) is 0 Å². The Hall–Kier alpha value is -1.59. The van der Waals surface area contributed by atoms with Crippen LogP contribution in [0, 0.1) is 17.8 Å². The van der Waals surface area contributed by atoms with Gasteiger partial charge in [0.05, 0.1) is 0 Å². The van der Waals surface area contributed by atoms with Gasteiger partial charge in [0.15, 0.2) is 6.10 Å². The van der Waals surface area contributed by atoms with Gasteiger partial charge < -0.3 is 14.2 Å². The smallest absolute Gasteiger partial charge is 0.306 e. The standard InChI is InChI=1S/C52H100O6/c1-7-47(5)39-33-27-21-17-13-11-9-10-12-14-18-23-31-37-43-52(55)58-49(45-57-51(54)42-36-30-25-24-28-34-40-48(6)8-2)44-56-50(53)41-35-29-22-19-15-16-20-26-32-38-46(3)4/h46-49H,7-45H2,1-6H3/t47?,48?,49-/m0/s1. The zero-order valence-corrected chi connectivity index (χ0v) is 39.8. The van der Waals surface area contributed by atoms with Gasteiger partial charge in [0, 0.05) is 19.3 Å². The Kier molecular flexibility index (Phi) is 42.3. The Morgan fingerprint density at radius 2 is 0.603 bits per heavy atom. The van der Waals surface area contributed by atoms with Crippen molar-refractivity contribution >= 4 is 17.9 Å². The highest BCUT2D eigenvalue weighted by Gasteiger charge is 2.19. The minimum atomic E-state index is -0.763. The van der Waals surface area contributed by atoms with Gasteiger partial charge in [-0.1, -0.05) is 241 Å². The van der Waals surface area contributed by atoms with Gasteiger partial charge in [0.2, 0.25) is 0 Å². The summed E-state index contributed by atoms with van der Waals surface area (Å²) in [6.45, 7) is 13.7. The van der Waals surface area contributed by atoms with Gasteiger partial charge in [-0.3, -0.25) is 14.4 Å². The Morgan fingerprint density at radius 1 is 0.345 bits per heavy atom. The van der Waals surface area contributed by atoms with E-state index in [0.717, 1.165) is 75.5 Å². The van der Waals surface area contributed by atoms with E-state index in [1.54, 1.807) is 0 Å². The van der Waals surface area contributed by atoms with Gasteiger partial charge in [0.1, 0.15) is 13.2 Å². The van der Waals surface area contributed by atoms with Crippen molar-refractivity contribution < 1.29 is 28.6 Å². The average Bonchev–Trinajstić information content (AvgIpc) is 3.21. The maximum Gasteiger partial charge on any atom is 0.306 e. The van der Waals surface area contributed by atoms with Crippen LogP contribution < -0.4 is 0 Å². The maximum absolute atomic E-state index is 12.8. The normalized spacial score (nSPS) is 13.1. The molecule has 0 saturated heterocycles. The molecule has 0 radical (unpaired) electrons. The molecule has 0 amide bonds. The van der Waals surface area contributed by atoms with Crippen LogP contribution in [0.15, 0.2) is 0 Å². The highest BCUT2D eigenvalue weighted by Crippen LogP contribution is 2.18. The molecule has 0 fully saturated rings. The molecule has 0 rings (SSSR count). The zero-order chi connectivity index (χ0) is 42.7. The fourth-order valence-electron chi connectivity index (χ4n) is 7.70. The monoisotopic (exact) mass is 821 g/mol. The fourth-order valence-corrected chi connectivity index (χ4v) is 7.70. The van der Waals surface area contributed by atoms with Crippen molar-refractivity contribution in [2.24, 2.45) is 17.8 Å². The summed E-state index contributed by atoms with van der Waals surface area (Å²) in [6.07, 6.45) is 42.3. The van der Waals surface area contributed by atoms with Gasteiger partial charge in [0.25, 0.3) is 0 Å². The lowest BCUT2D eigenvalue weighted by molar-refractivity contribution is -0.167.